The van der Waals surface area contributed by atoms with Crippen LogP contribution in [0.3, 0.4) is 0 Å². The lowest BCUT2D eigenvalue weighted by Crippen LogP contribution is -2.00. The average Bonchev–Trinajstić information content (AvgIpc) is 2.93. The highest BCUT2D eigenvalue weighted by atomic mass is 32.2. The first-order valence-corrected chi connectivity index (χ1v) is 16.1. The van der Waals surface area contributed by atoms with Crippen LogP contribution in [0, 0.1) is 0 Å². The summed E-state index contributed by atoms with van der Waals surface area (Å²) in [5.74, 6) is -1.11. The first kappa shape index (κ1) is 32.0. The van der Waals surface area contributed by atoms with E-state index in [9.17, 15) is 44.0 Å². The van der Waals surface area contributed by atoms with E-state index in [-0.39, 0.29) is 16.5 Å². The minimum absolute atomic E-state index is 0.0542. The minimum Gasteiger partial charge on any atom is -0.504 e. The zero-order chi connectivity index (χ0) is 31.6. The van der Waals surface area contributed by atoms with E-state index in [1.54, 1.807) is 12.1 Å². The van der Waals surface area contributed by atoms with Crippen molar-refractivity contribution in [2.45, 2.75) is 19.6 Å². The smallest absolute Gasteiger partial charge is 0.298 e. The second kappa shape index (κ2) is 12.4. The number of hydrogen-bond donors (Lipinski definition) is 5. The van der Waals surface area contributed by atoms with Crippen LogP contribution in [0.4, 0.5) is 22.7 Å². The molecule has 0 spiro atoms. The van der Waals surface area contributed by atoms with Crippen molar-refractivity contribution in [1.29, 1.82) is 0 Å². The number of azo groups is 2. The highest BCUT2D eigenvalue weighted by Crippen LogP contribution is 2.42. The maximum Gasteiger partial charge on any atom is 0.298 e. The van der Waals surface area contributed by atoms with Gasteiger partial charge < -0.3 is 5.11 Å². The van der Waals surface area contributed by atoms with Crippen LogP contribution in [0.5, 0.6) is 5.75 Å². The first-order valence-electron chi connectivity index (χ1n) is 11.0. The predicted molar refractivity (Wildman–Crippen MR) is 147 cm³/mol. The number of phenols is 1. The Balaban J connectivity index is 1.77. The SMILES string of the molecule is O=S(=O)(O)c1ccc2c(/N=N/c3ccc(/N=N/c4ccc(SOOO)cc4)cc3S(=O)(=O)O)c(O)c(S(=O)(=O)O)cc2c1. The van der Waals surface area contributed by atoms with Crippen molar-refractivity contribution in [1.82, 2.24) is 0 Å². The maximum atomic E-state index is 12.1. The van der Waals surface area contributed by atoms with Gasteiger partial charge in [-0.05, 0) is 66.0 Å². The van der Waals surface area contributed by atoms with E-state index in [0.717, 1.165) is 36.4 Å². The first-order chi connectivity index (χ1) is 20.1. The Morgan fingerprint density at radius 3 is 1.88 bits per heavy atom. The second-order valence-electron chi connectivity index (χ2n) is 8.15. The van der Waals surface area contributed by atoms with Crippen LogP contribution in [0.2, 0.25) is 0 Å². The molecule has 17 nitrogen and oxygen atoms in total. The standard InChI is InChI=1S/C22H16N4O13S4/c27-22-20(43(35,36)37)10-12-9-16(41(29,30)31)6-7-17(12)21(22)26-25-18-8-3-14(11-19(18)42(32,33)34)24-23-13-1-4-15(5-2-13)40-39-38-28/h1-11,27-28H,(H,29,30,31)(H,32,33,34)(H,35,36,37)/b24-23+,26-25+. The number of phenolic OH excluding ortho intramolecular Hbond substituents is 1. The molecular weight excluding hydrogens is 657 g/mol. The molecule has 43 heavy (non-hydrogen) atoms. The van der Waals surface area contributed by atoms with Crippen LogP contribution < -0.4 is 0 Å². The molecule has 0 saturated carbocycles. The number of rotatable bonds is 10. The molecule has 0 radical (unpaired) electrons. The molecule has 0 unspecified atom stereocenters. The summed E-state index contributed by atoms with van der Waals surface area (Å²) >= 11 is 0.707. The minimum atomic E-state index is -5.10. The van der Waals surface area contributed by atoms with E-state index in [0.29, 0.717) is 22.6 Å². The van der Waals surface area contributed by atoms with Crippen molar-refractivity contribution in [3.63, 3.8) is 0 Å². The van der Waals surface area contributed by atoms with Gasteiger partial charge in [0.15, 0.2) is 5.75 Å². The van der Waals surface area contributed by atoms with Crippen molar-refractivity contribution in [3.05, 3.63) is 66.7 Å². The van der Waals surface area contributed by atoms with E-state index >= 15 is 0 Å². The molecule has 0 aliphatic rings. The van der Waals surface area contributed by atoms with Crippen molar-refractivity contribution in [3.8, 4) is 5.75 Å². The van der Waals surface area contributed by atoms with Gasteiger partial charge >= 0.3 is 0 Å². The van der Waals surface area contributed by atoms with Crippen LogP contribution >= 0.6 is 12.0 Å². The van der Waals surface area contributed by atoms with Crippen LogP contribution in [-0.4, -0.2) is 49.3 Å². The Hall–Kier alpha value is -3.90. The Morgan fingerprint density at radius 2 is 1.28 bits per heavy atom. The molecule has 0 atom stereocenters. The summed E-state index contributed by atoms with van der Waals surface area (Å²) in [6.07, 6.45) is 0. The van der Waals surface area contributed by atoms with E-state index in [4.69, 9.17) is 5.26 Å². The van der Waals surface area contributed by atoms with Gasteiger partial charge in [-0.25, -0.2) is 5.26 Å². The summed E-state index contributed by atoms with van der Waals surface area (Å²) in [6.45, 7) is 0. The summed E-state index contributed by atoms with van der Waals surface area (Å²) in [4.78, 5) is -2.00. The summed E-state index contributed by atoms with van der Waals surface area (Å²) < 4.78 is 104. The third-order valence-corrected chi connectivity index (χ3v) is 8.55. The normalized spacial score (nSPS) is 12.9. The molecule has 5 N–H and O–H groups in total. The fraction of sp³-hybridized carbons (Fsp3) is 0. The quantitative estimate of drug-likeness (QED) is 0.0455. The molecule has 0 aliphatic heterocycles. The molecule has 0 saturated heterocycles. The number of aromatic hydroxyl groups is 1. The fourth-order valence-corrected chi connectivity index (χ4v) is 5.62. The molecule has 0 amide bonds. The Bertz CT molecular complexity index is 2100. The summed E-state index contributed by atoms with van der Waals surface area (Å²) in [5, 5.41) is 37.2. The molecule has 0 aliphatic carbocycles. The van der Waals surface area contributed by atoms with Crippen molar-refractivity contribution in [2.24, 2.45) is 20.5 Å². The maximum absolute atomic E-state index is 12.1. The van der Waals surface area contributed by atoms with Crippen molar-refractivity contribution >= 4 is 75.9 Å². The molecular formula is C22H16N4O13S4. The van der Waals surface area contributed by atoms with Crippen molar-refractivity contribution < 1.29 is 58.6 Å². The largest absolute Gasteiger partial charge is 0.504 e. The van der Waals surface area contributed by atoms with Crippen molar-refractivity contribution in [2.75, 3.05) is 0 Å². The number of benzene rings is 4. The van der Waals surface area contributed by atoms with E-state index in [1.165, 1.54) is 18.2 Å². The van der Waals surface area contributed by atoms with Gasteiger partial charge in [-0.1, -0.05) is 11.1 Å². The van der Waals surface area contributed by atoms with Gasteiger partial charge in [-0.15, -0.1) is 14.6 Å². The summed E-state index contributed by atoms with van der Waals surface area (Å²) in [7, 11) is -14.8. The van der Waals surface area contributed by atoms with Crippen LogP contribution in [0.25, 0.3) is 10.8 Å². The molecule has 0 bridgehead atoms. The zero-order valence-electron chi connectivity index (χ0n) is 20.8. The molecule has 21 heteroatoms. The Morgan fingerprint density at radius 1 is 0.651 bits per heavy atom. The lowest BCUT2D eigenvalue weighted by Gasteiger charge is -2.10. The summed E-state index contributed by atoms with van der Waals surface area (Å²) in [5.41, 5.74) is -0.853. The summed E-state index contributed by atoms with van der Waals surface area (Å²) in [6, 6.07) is 12.8. The van der Waals surface area contributed by atoms with Crippen LogP contribution in [-0.2, 0) is 39.7 Å². The number of fused-ring (bicyclic) bond motifs is 1. The second-order valence-corrected chi connectivity index (χ2v) is 13.1. The Kier molecular flexibility index (Phi) is 9.22. The Labute approximate surface area is 246 Å². The fourth-order valence-electron chi connectivity index (χ4n) is 3.48. The third-order valence-electron chi connectivity index (χ3n) is 5.36. The lowest BCUT2D eigenvalue weighted by atomic mass is 10.1. The van der Waals surface area contributed by atoms with Gasteiger partial charge in [0.1, 0.15) is 21.2 Å². The third kappa shape index (κ3) is 7.74. The highest BCUT2D eigenvalue weighted by molar-refractivity contribution is 7.94. The van der Waals surface area contributed by atoms with Gasteiger partial charge in [-0.3, -0.25) is 13.7 Å². The molecule has 0 heterocycles. The molecule has 4 rings (SSSR count). The monoisotopic (exact) mass is 672 g/mol. The van der Waals surface area contributed by atoms with Gasteiger partial charge in [0.25, 0.3) is 30.4 Å². The number of hydrogen-bond acceptors (Lipinski definition) is 15. The number of nitrogens with zero attached hydrogens (tertiary/aromatic N) is 4. The molecule has 0 aromatic heterocycles. The lowest BCUT2D eigenvalue weighted by molar-refractivity contribution is -0.432. The topological polar surface area (TPSA) is 271 Å². The van der Waals surface area contributed by atoms with Crippen LogP contribution in [0.1, 0.15) is 0 Å². The van der Waals surface area contributed by atoms with Gasteiger partial charge in [0, 0.05) is 10.3 Å². The molecule has 0 fully saturated rings. The average molecular weight is 673 g/mol. The zero-order valence-corrected chi connectivity index (χ0v) is 24.0. The van der Waals surface area contributed by atoms with Crippen LogP contribution in [0.15, 0.2) is 107 Å². The highest BCUT2D eigenvalue weighted by Gasteiger charge is 2.23. The molecule has 4 aromatic carbocycles. The van der Waals surface area contributed by atoms with E-state index < -0.39 is 62.2 Å². The van der Waals surface area contributed by atoms with Gasteiger partial charge in [-0.2, -0.15) is 35.5 Å². The van der Waals surface area contributed by atoms with E-state index in [1.807, 2.05) is 0 Å². The van der Waals surface area contributed by atoms with E-state index in [2.05, 4.69) is 29.8 Å². The molecule has 226 valence electrons. The molecule has 4 aromatic rings. The van der Waals surface area contributed by atoms with Gasteiger partial charge in [0.05, 0.1) is 28.3 Å². The van der Waals surface area contributed by atoms with Gasteiger partial charge in [0.2, 0.25) is 0 Å². The predicted octanol–water partition coefficient (Wildman–Crippen LogP) is 5.54.